The van der Waals surface area contributed by atoms with Crippen molar-refractivity contribution in [2.24, 2.45) is 5.92 Å². The van der Waals surface area contributed by atoms with Crippen molar-refractivity contribution < 1.29 is 4.79 Å². The minimum atomic E-state index is -0.0250. The fourth-order valence-electron chi connectivity index (χ4n) is 3.96. The topological polar surface area (TPSA) is 32.3 Å². The van der Waals surface area contributed by atoms with Crippen LogP contribution in [0.2, 0.25) is 0 Å². The van der Waals surface area contributed by atoms with E-state index in [0.29, 0.717) is 11.5 Å². The van der Waals surface area contributed by atoms with E-state index in [1.165, 1.54) is 11.1 Å². The number of rotatable bonds is 9. The maximum atomic E-state index is 13.1. The van der Waals surface area contributed by atoms with Gasteiger partial charge in [-0.2, -0.15) is 0 Å². The second-order valence-corrected chi connectivity index (χ2v) is 9.00. The number of hydrogen-bond acceptors (Lipinski definition) is 2. The molecule has 0 aliphatic rings. The van der Waals surface area contributed by atoms with Crippen LogP contribution >= 0.6 is 0 Å². The first kappa shape index (κ1) is 22.8. The number of nitrogens with one attached hydrogen (secondary N) is 1. The van der Waals surface area contributed by atoms with Gasteiger partial charge < -0.3 is 10.2 Å². The average molecular weight is 415 g/mol. The molecule has 0 heterocycles. The Hall–Kier alpha value is -2.91. The van der Waals surface area contributed by atoms with Gasteiger partial charge in [0, 0.05) is 18.2 Å². The first-order valence-corrected chi connectivity index (χ1v) is 11.1. The Morgan fingerprint density at radius 1 is 0.806 bits per heavy atom. The van der Waals surface area contributed by atoms with Crippen LogP contribution in [-0.4, -0.2) is 37.5 Å². The highest BCUT2D eigenvalue weighted by molar-refractivity contribution is 5.95. The molecule has 0 spiro atoms. The average Bonchev–Trinajstić information content (AvgIpc) is 2.74. The van der Waals surface area contributed by atoms with Crippen molar-refractivity contribution in [3.05, 3.63) is 95.6 Å². The molecule has 0 saturated heterocycles. The predicted octanol–water partition coefficient (Wildman–Crippen LogP) is 5.45. The van der Waals surface area contributed by atoms with Crippen molar-refractivity contribution >= 4 is 5.91 Å². The normalized spacial score (nSPS) is 12.2. The van der Waals surface area contributed by atoms with E-state index in [0.717, 1.165) is 30.5 Å². The van der Waals surface area contributed by atoms with Crippen molar-refractivity contribution in [2.45, 2.75) is 32.7 Å². The number of benzene rings is 3. The van der Waals surface area contributed by atoms with E-state index in [1.807, 2.05) is 50.5 Å². The fraction of sp³-hybridized carbons (Fsp3) is 0.321. The molecule has 0 bridgehead atoms. The summed E-state index contributed by atoms with van der Waals surface area (Å²) in [4.78, 5) is 15.2. The Kier molecular flexibility index (Phi) is 8.02. The summed E-state index contributed by atoms with van der Waals surface area (Å²) in [6.45, 7) is 5.26. The SMILES string of the molecule is CC(C)Cc1cccc(-c2cccc(C(=O)N[C@@H](Cc3ccccc3)CN(C)C)c2)c1. The van der Waals surface area contributed by atoms with E-state index in [9.17, 15) is 4.79 Å². The number of likely N-dealkylation sites (N-methyl/N-ethyl adjacent to an activating group) is 1. The van der Waals surface area contributed by atoms with Gasteiger partial charge in [0.15, 0.2) is 0 Å². The van der Waals surface area contributed by atoms with Crippen LogP contribution in [0.15, 0.2) is 78.9 Å². The van der Waals surface area contributed by atoms with E-state index < -0.39 is 0 Å². The van der Waals surface area contributed by atoms with Crippen molar-refractivity contribution in [3.63, 3.8) is 0 Å². The smallest absolute Gasteiger partial charge is 0.251 e. The molecular formula is C28H34N2O. The summed E-state index contributed by atoms with van der Waals surface area (Å²) in [7, 11) is 4.07. The number of amides is 1. The van der Waals surface area contributed by atoms with Gasteiger partial charge in [0.05, 0.1) is 0 Å². The van der Waals surface area contributed by atoms with Crippen LogP contribution < -0.4 is 5.32 Å². The summed E-state index contributed by atoms with van der Waals surface area (Å²) in [5, 5.41) is 3.25. The predicted molar refractivity (Wildman–Crippen MR) is 130 cm³/mol. The maximum Gasteiger partial charge on any atom is 0.251 e. The molecule has 0 aromatic heterocycles. The second kappa shape index (κ2) is 10.9. The number of carbonyl (C=O) groups excluding carboxylic acids is 1. The van der Waals surface area contributed by atoms with Gasteiger partial charge in [-0.3, -0.25) is 4.79 Å². The minimum Gasteiger partial charge on any atom is -0.348 e. The van der Waals surface area contributed by atoms with E-state index >= 15 is 0 Å². The van der Waals surface area contributed by atoms with Gasteiger partial charge in [0.1, 0.15) is 0 Å². The van der Waals surface area contributed by atoms with Gasteiger partial charge >= 0.3 is 0 Å². The van der Waals surface area contributed by atoms with Crippen LogP contribution in [0.1, 0.15) is 35.3 Å². The Bertz CT molecular complexity index is 979. The highest BCUT2D eigenvalue weighted by Gasteiger charge is 2.16. The first-order chi connectivity index (χ1) is 14.9. The Morgan fingerprint density at radius 3 is 2.13 bits per heavy atom. The molecule has 3 aromatic carbocycles. The lowest BCUT2D eigenvalue weighted by molar-refractivity contribution is 0.0930. The molecule has 0 fully saturated rings. The molecule has 1 N–H and O–H groups in total. The molecule has 3 rings (SSSR count). The molecule has 1 amide bonds. The molecule has 0 aliphatic heterocycles. The monoisotopic (exact) mass is 414 g/mol. The molecule has 3 aromatic rings. The number of hydrogen-bond donors (Lipinski definition) is 1. The highest BCUT2D eigenvalue weighted by atomic mass is 16.1. The van der Waals surface area contributed by atoms with Gasteiger partial charge in [0.2, 0.25) is 0 Å². The zero-order valence-electron chi connectivity index (χ0n) is 19.1. The van der Waals surface area contributed by atoms with Crippen molar-refractivity contribution in [1.29, 1.82) is 0 Å². The molecule has 0 aliphatic carbocycles. The van der Waals surface area contributed by atoms with Crippen LogP contribution in [0.4, 0.5) is 0 Å². The van der Waals surface area contributed by atoms with Crippen LogP contribution in [0, 0.1) is 5.92 Å². The largest absolute Gasteiger partial charge is 0.348 e. The summed E-state index contributed by atoms with van der Waals surface area (Å²) in [6.07, 6.45) is 1.86. The third-order valence-electron chi connectivity index (χ3n) is 5.27. The molecule has 162 valence electrons. The molecule has 0 unspecified atom stereocenters. The quantitative estimate of drug-likeness (QED) is 0.505. The van der Waals surface area contributed by atoms with Gasteiger partial charge in [-0.25, -0.2) is 0 Å². The molecule has 0 saturated carbocycles. The summed E-state index contributed by atoms with van der Waals surface area (Å²) >= 11 is 0. The zero-order valence-corrected chi connectivity index (χ0v) is 19.1. The summed E-state index contributed by atoms with van der Waals surface area (Å²) < 4.78 is 0. The Labute approximate surface area is 187 Å². The summed E-state index contributed by atoms with van der Waals surface area (Å²) in [5.74, 6) is 0.591. The number of nitrogens with zero attached hydrogens (tertiary/aromatic N) is 1. The lowest BCUT2D eigenvalue weighted by atomic mass is 9.97. The van der Waals surface area contributed by atoms with Gasteiger partial charge in [-0.1, -0.05) is 80.6 Å². The van der Waals surface area contributed by atoms with E-state index in [2.05, 4.69) is 66.5 Å². The Balaban J connectivity index is 1.76. The van der Waals surface area contributed by atoms with Gasteiger partial charge in [0.25, 0.3) is 5.91 Å². The maximum absolute atomic E-state index is 13.1. The van der Waals surface area contributed by atoms with Gasteiger partial charge in [-0.05, 0) is 67.2 Å². The van der Waals surface area contributed by atoms with E-state index in [-0.39, 0.29) is 11.9 Å². The second-order valence-electron chi connectivity index (χ2n) is 9.00. The van der Waals surface area contributed by atoms with Gasteiger partial charge in [-0.15, -0.1) is 0 Å². The third kappa shape index (κ3) is 7.08. The zero-order chi connectivity index (χ0) is 22.2. The van der Waals surface area contributed by atoms with Crippen molar-refractivity contribution in [3.8, 4) is 11.1 Å². The molecule has 3 nitrogen and oxygen atoms in total. The lowest BCUT2D eigenvalue weighted by Crippen LogP contribution is -2.43. The molecular weight excluding hydrogens is 380 g/mol. The molecule has 31 heavy (non-hydrogen) atoms. The molecule has 3 heteroatoms. The van der Waals surface area contributed by atoms with Crippen LogP contribution in [-0.2, 0) is 12.8 Å². The molecule has 0 radical (unpaired) electrons. The third-order valence-corrected chi connectivity index (χ3v) is 5.27. The summed E-state index contributed by atoms with van der Waals surface area (Å²) in [6, 6.07) is 26.9. The lowest BCUT2D eigenvalue weighted by Gasteiger charge is -2.23. The van der Waals surface area contributed by atoms with Crippen LogP contribution in [0.25, 0.3) is 11.1 Å². The summed E-state index contributed by atoms with van der Waals surface area (Å²) in [5.41, 5.74) is 5.48. The first-order valence-electron chi connectivity index (χ1n) is 11.1. The van der Waals surface area contributed by atoms with Crippen molar-refractivity contribution in [2.75, 3.05) is 20.6 Å². The fourth-order valence-corrected chi connectivity index (χ4v) is 3.96. The Morgan fingerprint density at radius 2 is 1.45 bits per heavy atom. The van der Waals surface area contributed by atoms with E-state index in [1.54, 1.807) is 0 Å². The standard InChI is InChI=1S/C28H34N2O/c1-21(2)16-23-12-8-13-24(17-23)25-14-9-15-26(19-25)28(31)29-27(20-30(3)4)18-22-10-6-5-7-11-22/h5-15,17,19,21,27H,16,18,20H2,1-4H3,(H,29,31)/t27-/m0/s1. The number of carbonyl (C=O) groups is 1. The van der Waals surface area contributed by atoms with Crippen LogP contribution in [0.3, 0.4) is 0 Å². The highest BCUT2D eigenvalue weighted by Crippen LogP contribution is 2.23. The van der Waals surface area contributed by atoms with Crippen LogP contribution in [0.5, 0.6) is 0 Å². The van der Waals surface area contributed by atoms with Crippen molar-refractivity contribution in [1.82, 2.24) is 10.2 Å². The van der Waals surface area contributed by atoms with E-state index in [4.69, 9.17) is 0 Å². The molecule has 1 atom stereocenters. The minimum absolute atomic E-state index is 0.0250.